The molecule has 6 atom stereocenters. The molecule has 26 heavy (non-hydrogen) atoms. The van der Waals surface area contributed by atoms with E-state index in [0.29, 0.717) is 0 Å². The summed E-state index contributed by atoms with van der Waals surface area (Å²) in [6, 6.07) is -1.31. The number of fused-ring (bicyclic) bond motifs is 1. The zero-order valence-electron chi connectivity index (χ0n) is 13.7. The Labute approximate surface area is 146 Å². The standard InChI is InChI=1S/C14H19N5O7/c1-5(21)7(14(24)25)18-11-8-12(16-3-15-11)19(4-17-8)13-10(23)9(22)6(2-20)26-13/h3-7,9-10,13,20-23H,2H2,1H3,(H,24,25)(H,15,16,18)/t5?,6-,7+,9?,10?,13-/m1/s1. The Balaban J connectivity index is 1.96. The minimum atomic E-state index is -1.32. The molecule has 12 heteroatoms. The third-order valence-corrected chi connectivity index (χ3v) is 4.19. The number of aliphatic hydroxyl groups excluding tert-OH is 4. The second-order valence-corrected chi connectivity index (χ2v) is 5.98. The lowest BCUT2D eigenvalue weighted by Crippen LogP contribution is -2.39. The zero-order chi connectivity index (χ0) is 19.0. The van der Waals surface area contributed by atoms with Crippen LogP contribution in [0.5, 0.6) is 0 Å². The van der Waals surface area contributed by atoms with E-state index in [4.69, 9.17) is 4.74 Å². The van der Waals surface area contributed by atoms with Crippen LogP contribution in [0, 0.1) is 0 Å². The Morgan fingerprint density at radius 1 is 1.35 bits per heavy atom. The van der Waals surface area contributed by atoms with E-state index in [1.54, 1.807) is 0 Å². The molecular weight excluding hydrogens is 350 g/mol. The van der Waals surface area contributed by atoms with Crippen molar-refractivity contribution in [3.05, 3.63) is 12.7 Å². The van der Waals surface area contributed by atoms with E-state index in [0.717, 1.165) is 6.33 Å². The van der Waals surface area contributed by atoms with E-state index in [-0.39, 0.29) is 17.0 Å². The molecular formula is C14H19N5O7. The molecule has 1 fully saturated rings. The fourth-order valence-electron chi connectivity index (χ4n) is 2.79. The quantitative estimate of drug-likeness (QED) is 0.321. The molecule has 3 rings (SSSR count). The largest absolute Gasteiger partial charge is 0.480 e. The molecule has 1 aliphatic heterocycles. The number of hydrogen-bond donors (Lipinski definition) is 6. The van der Waals surface area contributed by atoms with Crippen LogP contribution in [0.25, 0.3) is 11.2 Å². The molecule has 1 aliphatic rings. The zero-order valence-corrected chi connectivity index (χ0v) is 13.7. The van der Waals surface area contributed by atoms with Crippen LogP contribution in [0.15, 0.2) is 12.7 Å². The molecule has 3 heterocycles. The summed E-state index contributed by atoms with van der Waals surface area (Å²) >= 11 is 0. The molecule has 142 valence electrons. The third kappa shape index (κ3) is 3.08. The van der Waals surface area contributed by atoms with Crippen molar-refractivity contribution < 1.29 is 35.1 Å². The Hall–Kier alpha value is -2.38. The highest BCUT2D eigenvalue weighted by molar-refractivity contribution is 5.86. The van der Waals surface area contributed by atoms with Gasteiger partial charge in [-0.05, 0) is 6.92 Å². The van der Waals surface area contributed by atoms with E-state index in [9.17, 15) is 30.3 Å². The molecule has 0 amide bonds. The van der Waals surface area contributed by atoms with Crippen molar-refractivity contribution in [2.75, 3.05) is 11.9 Å². The fraction of sp³-hybridized carbons (Fsp3) is 0.571. The molecule has 2 aromatic rings. The number of aliphatic carboxylic acids is 1. The van der Waals surface area contributed by atoms with Crippen LogP contribution in [0.1, 0.15) is 13.2 Å². The van der Waals surface area contributed by atoms with Gasteiger partial charge in [-0.15, -0.1) is 0 Å². The number of hydrogen-bond acceptors (Lipinski definition) is 10. The smallest absolute Gasteiger partial charge is 0.328 e. The fourth-order valence-corrected chi connectivity index (χ4v) is 2.79. The van der Waals surface area contributed by atoms with Crippen LogP contribution in [0.4, 0.5) is 5.82 Å². The van der Waals surface area contributed by atoms with E-state index in [2.05, 4.69) is 20.3 Å². The highest BCUT2D eigenvalue weighted by Gasteiger charge is 2.44. The van der Waals surface area contributed by atoms with Crippen LogP contribution in [0.2, 0.25) is 0 Å². The molecule has 0 saturated carbocycles. The van der Waals surface area contributed by atoms with Crippen molar-refractivity contribution in [2.24, 2.45) is 0 Å². The lowest BCUT2D eigenvalue weighted by atomic mass is 10.1. The summed E-state index contributed by atoms with van der Waals surface area (Å²) in [7, 11) is 0. The van der Waals surface area contributed by atoms with Gasteiger partial charge in [0.2, 0.25) is 0 Å². The second-order valence-electron chi connectivity index (χ2n) is 5.98. The minimum absolute atomic E-state index is 0.0776. The summed E-state index contributed by atoms with van der Waals surface area (Å²) in [4.78, 5) is 23.4. The van der Waals surface area contributed by atoms with Gasteiger partial charge in [0.25, 0.3) is 0 Å². The molecule has 0 aliphatic carbocycles. The van der Waals surface area contributed by atoms with Gasteiger partial charge < -0.3 is 35.6 Å². The molecule has 2 aromatic heterocycles. The first-order valence-electron chi connectivity index (χ1n) is 7.82. The highest BCUT2D eigenvalue weighted by Crippen LogP contribution is 2.32. The van der Waals surface area contributed by atoms with Crippen LogP contribution in [-0.2, 0) is 9.53 Å². The van der Waals surface area contributed by atoms with Gasteiger partial charge in [-0.25, -0.2) is 19.7 Å². The molecule has 1 saturated heterocycles. The van der Waals surface area contributed by atoms with Gasteiger partial charge in [-0.3, -0.25) is 4.57 Å². The Morgan fingerprint density at radius 3 is 2.65 bits per heavy atom. The molecule has 0 radical (unpaired) electrons. The van der Waals surface area contributed by atoms with Crippen LogP contribution in [-0.4, -0.2) is 88.1 Å². The Kier molecular flexibility index (Phi) is 5.02. The normalized spacial score (nSPS) is 28.2. The monoisotopic (exact) mass is 369 g/mol. The van der Waals surface area contributed by atoms with Gasteiger partial charge in [-0.1, -0.05) is 0 Å². The van der Waals surface area contributed by atoms with Crippen molar-refractivity contribution in [3.63, 3.8) is 0 Å². The Bertz CT molecular complexity index is 797. The number of imidazole rings is 1. The van der Waals surface area contributed by atoms with Crippen molar-refractivity contribution >= 4 is 23.0 Å². The SMILES string of the molecule is CC(O)[C@H](Nc1ncnc2c1ncn2[C@@H]1O[C@H](CO)C(O)C1O)C(=O)O. The number of nitrogens with zero attached hydrogens (tertiary/aromatic N) is 4. The number of anilines is 1. The van der Waals surface area contributed by atoms with Crippen molar-refractivity contribution in [3.8, 4) is 0 Å². The number of ether oxygens (including phenoxy) is 1. The summed E-state index contributed by atoms with van der Waals surface area (Å²) in [5, 5.41) is 50.6. The van der Waals surface area contributed by atoms with Crippen LogP contribution < -0.4 is 5.32 Å². The van der Waals surface area contributed by atoms with E-state index >= 15 is 0 Å². The number of carboxylic acids is 1. The summed E-state index contributed by atoms with van der Waals surface area (Å²) < 4.78 is 6.79. The molecule has 0 spiro atoms. The van der Waals surface area contributed by atoms with Gasteiger partial charge >= 0.3 is 5.97 Å². The second kappa shape index (κ2) is 7.09. The number of carboxylic acid groups (broad SMARTS) is 1. The summed E-state index contributed by atoms with van der Waals surface area (Å²) in [6.07, 6.45) is -3.34. The molecule has 12 nitrogen and oxygen atoms in total. The van der Waals surface area contributed by atoms with Crippen LogP contribution >= 0.6 is 0 Å². The van der Waals surface area contributed by atoms with Crippen molar-refractivity contribution in [1.82, 2.24) is 19.5 Å². The summed E-state index contributed by atoms with van der Waals surface area (Å²) in [5.41, 5.74) is 0.407. The maximum Gasteiger partial charge on any atom is 0.328 e. The number of carbonyl (C=O) groups is 1. The topological polar surface area (TPSA) is 183 Å². The maximum absolute atomic E-state index is 11.2. The summed E-state index contributed by atoms with van der Waals surface area (Å²) in [6.45, 7) is 0.847. The summed E-state index contributed by atoms with van der Waals surface area (Å²) in [5.74, 6) is -1.19. The third-order valence-electron chi connectivity index (χ3n) is 4.19. The number of nitrogens with one attached hydrogen (secondary N) is 1. The van der Waals surface area contributed by atoms with Crippen LogP contribution in [0.3, 0.4) is 0 Å². The molecule has 0 bridgehead atoms. The predicted molar refractivity (Wildman–Crippen MR) is 85.1 cm³/mol. The van der Waals surface area contributed by atoms with E-state index in [1.165, 1.54) is 17.8 Å². The lowest BCUT2D eigenvalue weighted by molar-refractivity contribution is -0.140. The first kappa shape index (κ1) is 18.4. The Morgan fingerprint density at radius 2 is 2.08 bits per heavy atom. The lowest BCUT2D eigenvalue weighted by Gasteiger charge is -2.18. The maximum atomic E-state index is 11.2. The van der Waals surface area contributed by atoms with Gasteiger partial charge in [-0.2, -0.15) is 0 Å². The van der Waals surface area contributed by atoms with Crippen molar-refractivity contribution in [2.45, 2.75) is 43.6 Å². The van der Waals surface area contributed by atoms with Gasteiger partial charge in [0.05, 0.1) is 19.0 Å². The average molecular weight is 369 g/mol. The number of aromatic nitrogens is 4. The molecule has 3 unspecified atom stereocenters. The van der Waals surface area contributed by atoms with E-state index < -0.39 is 49.3 Å². The van der Waals surface area contributed by atoms with Gasteiger partial charge in [0.15, 0.2) is 29.3 Å². The first-order valence-corrected chi connectivity index (χ1v) is 7.82. The van der Waals surface area contributed by atoms with Crippen molar-refractivity contribution in [1.29, 1.82) is 0 Å². The molecule has 6 N–H and O–H groups in total. The highest BCUT2D eigenvalue weighted by atomic mass is 16.6. The van der Waals surface area contributed by atoms with Gasteiger partial charge in [0, 0.05) is 0 Å². The number of rotatable bonds is 6. The van der Waals surface area contributed by atoms with E-state index in [1.807, 2.05) is 0 Å². The van der Waals surface area contributed by atoms with Gasteiger partial charge in [0.1, 0.15) is 24.6 Å². The number of aliphatic hydroxyl groups is 4. The minimum Gasteiger partial charge on any atom is -0.480 e. The molecule has 0 aromatic carbocycles. The average Bonchev–Trinajstić information content (AvgIpc) is 3.14. The first-order chi connectivity index (χ1) is 12.3. The predicted octanol–water partition coefficient (Wildman–Crippen LogP) is -2.32.